The molecule has 11 aromatic rings. The van der Waals surface area contributed by atoms with Crippen molar-refractivity contribution < 1.29 is 4.74 Å². The maximum Gasteiger partial charge on any atom is 0.256 e. The van der Waals surface area contributed by atoms with Crippen molar-refractivity contribution in [2.24, 2.45) is 0 Å². The summed E-state index contributed by atoms with van der Waals surface area (Å²) in [5, 5.41) is 0. The summed E-state index contributed by atoms with van der Waals surface area (Å²) in [6.45, 7) is -0.155. The largest absolute Gasteiger partial charge is 0.458 e. The smallest absolute Gasteiger partial charge is 0.256 e. The standard InChI is InChI=1S/C72H51B2N5O/c1-8-26-50(27-9-1)75(51-28-10-2-11-29-51)57-44-66-71-67(45-57)78(55-36-18-6-19-37-55)64-49-65-62(48-61(64)73(71)59-40-22-24-42-63(59)77(66)54-34-16-5-17-35-54)74-60-41-23-25-43-69(60)80-70-47-58(46-68(72(70)74)79(65)56-38-20-7-21-39-56)76(52-30-12-3-13-31-52)53-32-14-4-15-33-53/h1-49,66,71H. The van der Waals surface area contributed by atoms with Gasteiger partial charge in [0, 0.05) is 85.8 Å². The maximum absolute atomic E-state index is 7.22. The topological polar surface area (TPSA) is 25.4 Å². The number of benzene rings is 11. The van der Waals surface area contributed by atoms with Crippen LogP contribution in [0.2, 0.25) is 5.82 Å². The first kappa shape index (κ1) is 46.0. The minimum Gasteiger partial charge on any atom is -0.458 e. The Bertz CT molecular complexity index is 4130. The van der Waals surface area contributed by atoms with Gasteiger partial charge in [-0.25, -0.2) is 0 Å². The van der Waals surface area contributed by atoms with Crippen molar-refractivity contribution in [1.82, 2.24) is 0 Å². The second kappa shape index (κ2) is 18.8. The van der Waals surface area contributed by atoms with Gasteiger partial charge in [0.05, 0.1) is 11.7 Å². The van der Waals surface area contributed by atoms with Crippen LogP contribution in [0.5, 0.6) is 11.5 Å². The van der Waals surface area contributed by atoms with Gasteiger partial charge in [0.1, 0.15) is 11.5 Å². The molecule has 4 aliphatic heterocycles. The number of hydrogen-bond acceptors (Lipinski definition) is 6. The molecule has 2 unspecified atom stereocenters. The lowest BCUT2D eigenvalue weighted by Gasteiger charge is -2.54. The third-order valence-corrected chi connectivity index (χ3v) is 16.8. The van der Waals surface area contributed by atoms with Crippen molar-refractivity contribution in [2.45, 2.75) is 11.9 Å². The number of rotatable bonds is 9. The van der Waals surface area contributed by atoms with Crippen LogP contribution in [0.1, 0.15) is 0 Å². The summed E-state index contributed by atoms with van der Waals surface area (Å²) in [6.07, 6.45) is 5.05. The molecule has 0 radical (unpaired) electrons. The van der Waals surface area contributed by atoms with E-state index in [9.17, 15) is 0 Å². The predicted octanol–water partition coefficient (Wildman–Crippen LogP) is 14.8. The maximum atomic E-state index is 7.22. The summed E-state index contributed by atoms with van der Waals surface area (Å²) in [5.74, 6) is 1.72. The van der Waals surface area contributed by atoms with Gasteiger partial charge in [0.15, 0.2) is 0 Å². The zero-order chi connectivity index (χ0) is 52.7. The lowest BCUT2D eigenvalue weighted by Crippen LogP contribution is -2.65. The molecule has 16 rings (SSSR count). The number of para-hydroxylation sites is 9. The van der Waals surface area contributed by atoms with Gasteiger partial charge in [0.25, 0.3) is 6.71 Å². The molecule has 0 saturated carbocycles. The van der Waals surface area contributed by atoms with Gasteiger partial charge in [-0.3, -0.25) is 0 Å². The second-order valence-corrected chi connectivity index (χ2v) is 21.2. The van der Waals surface area contributed by atoms with Crippen molar-refractivity contribution in [1.29, 1.82) is 0 Å². The first-order valence-electron chi connectivity index (χ1n) is 27.7. The summed E-state index contributed by atoms with van der Waals surface area (Å²) in [6, 6.07) is 104. The Morgan fingerprint density at radius 1 is 0.350 bits per heavy atom. The van der Waals surface area contributed by atoms with Crippen molar-refractivity contribution >= 4 is 109 Å². The molecule has 6 nitrogen and oxygen atoms in total. The highest BCUT2D eigenvalue weighted by Gasteiger charge is 2.54. The fraction of sp³-hybridized carbons (Fsp3) is 0.0278. The normalized spacial score (nSPS) is 15.9. The summed E-state index contributed by atoms with van der Waals surface area (Å²) in [4.78, 5) is 12.5. The fourth-order valence-electron chi connectivity index (χ4n) is 13.7. The van der Waals surface area contributed by atoms with E-state index in [1.54, 1.807) is 0 Å². The van der Waals surface area contributed by atoms with Crippen molar-refractivity contribution in [3.8, 4) is 11.5 Å². The molecule has 0 N–H and O–H groups in total. The SMILES string of the molecule is C1=C(N(c2ccccc2)c2ccccc2)C=C2C3B(c4cc5c(cc4N2c2ccccc2)N(c2ccccc2)c2cc(N(c4ccccc4)c4ccccc4)cc4c2B5c2ccccc2O4)c2ccccc2N(c2ccccc2)C13. The van der Waals surface area contributed by atoms with Gasteiger partial charge in [-0.1, -0.05) is 181 Å². The first-order valence-corrected chi connectivity index (χ1v) is 27.7. The molecule has 0 saturated heterocycles. The van der Waals surface area contributed by atoms with Crippen LogP contribution in [0.25, 0.3) is 0 Å². The van der Waals surface area contributed by atoms with Crippen LogP contribution in [0.3, 0.4) is 0 Å². The van der Waals surface area contributed by atoms with Crippen LogP contribution in [0.4, 0.5) is 68.2 Å². The van der Waals surface area contributed by atoms with Gasteiger partial charge < -0.3 is 29.2 Å². The Labute approximate surface area is 467 Å². The first-order chi connectivity index (χ1) is 39.7. The van der Waals surface area contributed by atoms with Gasteiger partial charge in [-0.2, -0.15) is 0 Å². The van der Waals surface area contributed by atoms with E-state index in [-0.39, 0.29) is 25.3 Å². The molecule has 11 aromatic carbocycles. The number of fused-ring (bicyclic) bond motifs is 8. The van der Waals surface area contributed by atoms with Gasteiger partial charge >= 0.3 is 0 Å². The minimum atomic E-state index is -0.137. The number of ether oxygens (including phenoxy) is 1. The Morgan fingerprint density at radius 3 is 1.44 bits per heavy atom. The molecule has 5 aliphatic rings. The Morgan fingerprint density at radius 2 is 0.838 bits per heavy atom. The van der Waals surface area contributed by atoms with Crippen molar-refractivity contribution in [3.05, 3.63) is 309 Å². The molecule has 0 aromatic heterocycles. The molecule has 8 heteroatoms. The summed E-state index contributed by atoms with van der Waals surface area (Å²) in [5.41, 5.74) is 21.8. The molecular formula is C72H51B2N5O. The van der Waals surface area contributed by atoms with E-state index in [1.807, 2.05) is 0 Å². The molecule has 0 bridgehead atoms. The average molecular weight is 1020 g/mol. The lowest BCUT2D eigenvalue weighted by atomic mass is 9.27. The number of allylic oxidation sites excluding steroid dienone is 1. The van der Waals surface area contributed by atoms with Crippen LogP contribution >= 0.6 is 0 Å². The number of nitrogens with zero attached hydrogens (tertiary/aromatic N) is 5. The molecule has 0 spiro atoms. The Hall–Kier alpha value is -10.2. The lowest BCUT2D eigenvalue weighted by molar-refractivity contribution is 0.487. The Kier molecular flexibility index (Phi) is 10.8. The van der Waals surface area contributed by atoms with Crippen molar-refractivity contribution in [3.63, 3.8) is 0 Å². The third kappa shape index (κ3) is 7.29. The van der Waals surface area contributed by atoms with E-state index >= 15 is 0 Å². The Balaban J connectivity index is 1.00. The van der Waals surface area contributed by atoms with Crippen LogP contribution in [0, 0.1) is 0 Å². The highest BCUT2D eigenvalue weighted by molar-refractivity contribution is 7.00. The van der Waals surface area contributed by atoms with Gasteiger partial charge in [-0.05, 0) is 138 Å². The molecule has 376 valence electrons. The van der Waals surface area contributed by atoms with Gasteiger partial charge in [0.2, 0.25) is 6.71 Å². The minimum absolute atomic E-state index is 0.00355. The third-order valence-electron chi connectivity index (χ3n) is 16.8. The number of hydrogen-bond donors (Lipinski definition) is 0. The summed E-state index contributed by atoms with van der Waals surface area (Å²) >= 11 is 0. The zero-order valence-electron chi connectivity index (χ0n) is 43.7. The van der Waals surface area contributed by atoms with E-state index in [2.05, 4.69) is 322 Å². The van der Waals surface area contributed by atoms with Crippen molar-refractivity contribution in [2.75, 3.05) is 24.5 Å². The van der Waals surface area contributed by atoms with E-state index in [1.165, 1.54) is 27.8 Å². The molecule has 2 atom stereocenters. The van der Waals surface area contributed by atoms with E-state index in [0.717, 1.165) is 90.7 Å². The highest BCUT2D eigenvalue weighted by atomic mass is 16.5. The summed E-state index contributed by atoms with van der Waals surface area (Å²) < 4.78 is 7.22. The average Bonchev–Trinajstić information content (AvgIpc) is 3.64. The van der Waals surface area contributed by atoms with Crippen LogP contribution in [0.15, 0.2) is 309 Å². The predicted molar refractivity (Wildman–Crippen MR) is 334 cm³/mol. The fourth-order valence-corrected chi connectivity index (χ4v) is 13.7. The van der Waals surface area contributed by atoms with Gasteiger partial charge in [-0.15, -0.1) is 0 Å². The van der Waals surface area contributed by atoms with E-state index < -0.39 is 0 Å². The monoisotopic (exact) mass is 1020 g/mol. The molecule has 1 aliphatic carbocycles. The highest BCUT2D eigenvalue weighted by Crippen LogP contribution is 2.54. The van der Waals surface area contributed by atoms with Crippen LogP contribution in [-0.4, -0.2) is 19.5 Å². The molecular weight excluding hydrogens is 972 g/mol. The second-order valence-electron chi connectivity index (χ2n) is 21.2. The van der Waals surface area contributed by atoms with E-state index in [4.69, 9.17) is 4.74 Å². The van der Waals surface area contributed by atoms with Crippen LogP contribution in [-0.2, 0) is 0 Å². The quantitative estimate of drug-likeness (QED) is 0.134. The molecule has 0 fully saturated rings. The molecule has 80 heavy (non-hydrogen) atoms. The van der Waals surface area contributed by atoms with Crippen LogP contribution < -0.4 is 56.6 Å². The number of anilines is 12. The van der Waals surface area contributed by atoms with E-state index in [0.29, 0.717) is 0 Å². The molecule has 0 amide bonds. The molecule has 4 heterocycles. The summed E-state index contributed by atoms with van der Waals surface area (Å²) in [7, 11) is 0. The zero-order valence-corrected chi connectivity index (χ0v) is 43.7.